The van der Waals surface area contributed by atoms with Crippen LogP contribution in [0.5, 0.6) is 0 Å². The Morgan fingerprint density at radius 1 is 0.700 bits per heavy atom. The summed E-state index contributed by atoms with van der Waals surface area (Å²) in [6, 6.07) is 0. The molecule has 1 unspecified atom stereocenters. The predicted molar refractivity (Wildman–Crippen MR) is 183 cm³/mol. The summed E-state index contributed by atoms with van der Waals surface area (Å²) in [5.74, 6) is 0.531. The van der Waals surface area contributed by atoms with Gasteiger partial charge in [-0.2, -0.15) is 0 Å². The molecule has 0 aromatic rings. The van der Waals surface area contributed by atoms with Gasteiger partial charge < -0.3 is 0 Å². The second-order valence-electron chi connectivity index (χ2n) is 12.3. The van der Waals surface area contributed by atoms with E-state index in [0.717, 1.165) is 12.8 Å². The SMILES string of the molecule is CC(C)=CCCC(C)=CC=CC(C)=CC=CC(C)=CC=CC=C(C)C=CC=C(C)C=CC1C(C)=CCCC1(C)C. The van der Waals surface area contributed by atoms with Gasteiger partial charge in [0.05, 0.1) is 0 Å². The Balaban J connectivity index is 2.57. The van der Waals surface area contributed by atoms with Crippen LogP contribution in [0, 0.1) is 11.3 Å². The van der Waals surface area contributed by atoms with Crippen molar-refractivity contribution < 1.29 is 0 Å². The van der Waals surface area contributed by atoms with Crippen LogP contribution in [-0.4, -0.2) is 0 Å². The van der Waals surface area contributed by atoms with E-state index in [-0.39, 0.29) is 0 Å². The molecule has 1 aliphatic carbocycles. The maximum Gasteiger partial charge on any atom is 0.00285 e. The Kier molecular flexibility index (Phi) is 16.6. The average Bonchev–Trinajstić information content (AvgIpc) is 2.85. The molecule has 1 atom stereocenters. The van der Waals surface area contributed by atoms with Gasteiger partial charge in [0.2, 0.25) is 0 Å². The van der Waals surface area contributed by atoms with Gasteiger partial charge in [-0.05, 0) is 86.5 Å². The first-order chi connectivity index (χ1) is 18.9. The van der Waals surface area contributed by atoms with Crippen LogP contribution >= 0.6 is 0 Å². The van der Waals surface area contributed by atoms with Gasteiger partial charge in [-0.1, -0.05) is 156 Å². The highest BCUT2D eigenvalue weighted by Crippen LogP contribution is 2.41. The van der Waals surface area contributed by atoms with Crippen molar-refractivity contribution in [3.05, 3.63) is 142 Å². The van der Waals surface area contributed by atoms with E-state index in [1.807, 2.05) is 0 Å². The monoisotopic (exact) mass is 536 g/mol. The van der Waals surface area contributed by atoms with E-state index in [4.69, 9.17) is 0 Å². The van der Waals surface area contributed by atoms with Gasteiger partial charge in [-0.25, -0.2) is 0 Å². The van der Waals surface area contributed by atoms with Crippen LogP contribution in [-0.2, 0) is 0 Å². The van der Waals surface area contributed by atoms with E-state index < -0.39 is 0 Å². The Morgan fingerprint density at radius 3 is 1.68 bits per heavy atom. The highest BCUT2D eigenvalue weighted by Gasteiger charge is 2.30. The first-order valence-electron chi connectivity index (χ1n) is 14.9. The van der Waals surface area contributed by atoms with E-state index in [9.17, 15) is 0 Å². The molecule has 40 heavy (non-hydrogen) atoms. The van der Waals surface area contributed by atoms with Gasteiger partial charge in [0.1, 0.15) is 0 Å². The lowest BCUT2D eigenvalue weighted by molar-refractivity contribution is 0.255. The molecule has 0 amide bonds. The number of rotatable bonds is 13. The first-order valence-corrected chi connectivity index (χ1v) is 14.9. The summed E-state index contributed by atoms with van der Waals surface area (Å²) in [6.45, 7) is 22.1. The first kappa shape index (κ1) is 34.9. The molecule has 216 valence electrons. The molecule has 0 aliphatic heterocycles. The normalized spacial score (nSPS) is 20.1. The van der Waals surface area contributed by atoms with Crippen LogP contribution in [0.3, 0.4) is 0 Å². The van der Waals surface area contributed by atoms with Crippen LogP contribution in [0.25, 0.3) is 0 Å². The van der Waals surface area contributed by atoms with Gasteiger partial charge in [0, 0.05) is 5.92 Å². The fourth-order valence-corrected chi connectivity index (χ4v) is 4.61. The number of hydrogen-bond donors (Lipinski definition) is 0. The van der Waals surface area contributed by atoms with Gasteiger partial charge in [-0.15, -0.1) is 0 Å². The van der Waals surface area contributed by atoms with Crippen LogP contribution in [0.2, 0.25) is 0 Å². The molecule has 0 fully saturated rings. The summed E-state index contributed by atoms with van der Waals surface area (Å²) in [7, 11) is 0. The molecule has 1 rings (SSSR count). The van der Waals surface area contributed by atoms with Crippen LogP contribution < -0.4 is 0 Å². The van der Waals surface area contributed by atoms with Crippen molar-refractivity contribution in [3.8, 4) is 0 Å². The molecule has 0 heterocycles. The summed E-state index contributed by atoms with van der Waals surface area (Å²) in [5.41, 5.74) is 9.61. The Labute approximate surface area is 248 Å². The van der Waals surface area contributed by atoms with Gasteiger partial charge >= 0.3 is 0 Å². The molecule has 0 aromatic heterocycles. The topological polar surface area (TPSA) is 0 Å². The molecule has 0 heteroatoms. The lowest BCUT2D eigenvalue weighted by Crippen LogP contribution is -2.26. The summed E-state index contributed by atoms with van der Waals surface area (Å²) < 4.78 is 0. The molecule has 0 bridgehead atoms. The second kappa shape index (κ2) is 19.0. The Bertz CT molecular complexity index is 1160. The third-order valence-electron chi connectivity index (χ3n) is 7.24. The zero-order chi connectivity index (χ0) is 30.0. The van der Waals surface area contributed by atoms with Crippen molar-refractivity contribution in [1.29, 1.82) is 0 Å². The standard InChI is InChI=1S/C40H56/c1-32(2)18-13-21-35(5)24-15-26-36(6)25-14-22-33(3)19-11-12-20-34(4)23-16-27-37(7)29-30-39-38(8)28-17-31-40(39,9)10/h11-12,14-16,18-20,22-30,39H,13,17,21,31H2,1-10H3. The quantitative estimate of drug-likeness (QED) is 0.162. The fraction of sp³-hybridized carbons (Fsp3) is 0.400. The Hall–Kier alpha value is -3.12. The summed E-state index contributed by atoms with van der Waals surface area (Å²) in [5, 5.41) is 0. The lowest BCUT2D eigenvalue weighted by Gasteiger charge is -2.36. The maximum atomic E-state index is 2.40. The third-order valence-corrected chi connectivity index (χ3v) is 7.24. The molecule has 0 saturated carbocycles. The summed E-state index contributed by atoms with van der Waals surface area (Å²) in [6.07, 6.45) is 42.0. The van der Waals surface area contributed by atoms with Crippen molar-refractivity contribution in [2.75, 3.05) is 0 Å². The van der Waals surface area contributed by atoms with Gasteiger partial charge in [0.15, 0.2) is 0 Å². The van der Waals surface area contributed by atoms with Crippen LogP contribution in [0.4, 0.5) is 0 Å². The summed E-state index contributed by atoms with van der Waals surface area (Å²) in [4.78, 5) is 0. The van der Waals surface area contributed by atoms with Crippen molar-refractivity contribution >= 4 is 0 Å². The van der Waals surface area contributed by atoms with Crippen molar-refractivity contribution in [1.82, 2.24) is 0 Å². The Morgan fingerprint density at radius 2 is 1.18 bits per heavy atom. The highest BCUT2D eigenvalue weighted by molar-refractivity contribution is 5.33. The zero-order valence-electron chi connectivity index (χ0n) is 27.2. The number of hydrogen-bond acceptors (Lipinski definition) is 0. The molecule has 0 aromatic carbocycles. The van der Waals surface area contributed by atoms with Crippen molar-refractivity contribution in [2.24, 2.45) is 11.3 Å². The maximum absolute atomic E-state index is 2.40. The smallest absolute Gasteiger partial charge is 0.00285 e. The molecular formula is C40H56. The van der Waals surface area contributed by atoms with Gasteiger partial charge in [0.25, 0.3) is 0 Å². The molecule has 1 aliphatic rings. The minimum atomic E-state index is 0.342. The van der Waals surface area contributed by atoms with E-state index >= 15 is 0 Å². The van der Waals surface area contributed by atoms with Crippen molar-refractivity contribution in [3.63, 3.8) is 0 Å². The molecule has 0 nitrogen and oxygen atoms in total. The fourth-order valence-electron chi connectivity index (χ4n) is 4.61. The largest absolute Gasteiger partial charge is 0.0856 e. The number of allylic oxidation sites excluding steroid dienone is 24. The van der Waals surface area contributed by atoms with E-state index in [1.165, 1.54) is 51.9 Å². The molecule has 0 N–H and O–H groups in total. The van der Waals surface area contributed by atoms with Crippen LogP contribution in [0.15, 0.2) is 142 Å². The minimum Gasteiger partial charge on any atom is -0.0856 e. The van der Waals surface area contributed by atoms with Gasteiger partial charge in [-0.3, -0.25) is 0 Å². The molecule has 0 spiro atoms. The molecule has 0 radical (unpaired) electrons. The predicted octanol–water partition coefficient (Wildman–Crippen LogP) is 12.6. The lowest BCUT2D eigenvalue weighted by atomic mass is 9.68. The molecule has 0 saturated heterocycles. The average molecular weight is 537 g/mol. The zero-order valence-corrected chi connectivity index (χ0v) is 27.2. The van der Waals surface area contributed by atoms with E-state index in [1.54, 1.807) is 0 Å². The third kappa shape index (κ3) is 16.1. The summed E-state index contributed by atoms with van der Waals surface area (Å²) >= 11 is 0. The highest BCUT2D eigenvalue weighted by atomic mass is 14.3. The van der Waals surface area contributed by atoms with E-state index in [0.29, 0.717) is 11.3 Å². The van der Waals surface area contributed by atoms with Crippen molar-refractivity contribution in [2.45, 2.75) is 94.9 Å². The molecular weight excluding hydrogens is 480 g/mol. The van der Waals surface area contributed by atoms with E-state index in [2.05, 4.69) is 173 Å². The van der Waals surface area contributed by atoms with Crippen LogP contribution in [0.1, 0.15) is 94.9 Å². The minimum absolute atomic E-state index is 0.342. The second-order valence-corrected chi connectivity index (χ2v) is 12.3.